The number of benzene rings is 1. The van der Waals surface area contributed by atoms with Crippen LogP contribution >= 0.6 is 0 Å². The SMILES string of the molecule is CCC(CC)(CN)C(=O)NCc1cccc(C(N)=O)c1. The normalized spacial score (nSPS) is 11.2. The zero-order valence-corrected chi connectivity index (χ0v) is 12.1. The summed E-state index contributed by atoms with van der Waals surface area (Å²) in [5, 5.41) is 2.89. The molecule has 0 aliphatic carbocycles. The lowest BCUT2D eigenvalue weighted by atomic mass is 9.81. The molecule has 0 aliphatic rings. The van der Waals surface area contributed by atoms with Gasteiger partial charge < -0.3 is 16.8 Å². The summed E-state index contributed by atoms with van der Waals surface area (Å²) in [4.78, 5) is 23.4. The van der Waals surface area contributed by atoms with E-state index >= 15 is 0 Å². The van der Waals surface area contributed by atoms with Crippen LogP contribution in [-0.4, -0.2) is 18.4 Å². The van der Waals surface area contributed by atoms with Crippen LogP contribution < -0.4 is 16.8 Å². The van der Waals surface area contributed by atoms with Gasteiger partial charge in [-0.1, -0.05) is 26.0 Å². The molecule has 0 heterocycles. The fourth-order valence-electron chi connectivity index (χ4n) is 2.16. The van der Waals surface area contributed by atoms with Gasteiger partial charge in [-0.15, -0.1) is 0 Å². The third kappa shape index (κ3) is 3.57. The van der Waals surface area contributed by atoms with Gasteiger partial charge in [-0.05, 0) is 30.5 Å². The van der Waals surface area contributed by atoms with Gasteiger partial charge in [0.15, 0.2) is 0 Å². The highest BCUT2D eigenvalue weighted by Gasteiger charge is 2.32. The molecule has 0 saturated heterocycles. The number of carbonyl (C=O) groups is 2. The zero-order valence-electron chi connectivity index (χ0n) is 12.1. The molecule has 0 radical (unpaired) electrons. The van der Waals surface area contributed by atoms with Crippen LogP contribution in [0.25, 0.3) is 0 Å². The van der Waals surface area contributed by atoms with Crippen molar-refractivity contribution in [1.29, 1.82) is 0 Å². The third-order valence-electron chi connectivity index (χ3n) is 3.89. The average molecular weight is 277 g/mol. The molecule has 0 bridgehead atoms. The molecule has 0 spiro atoms. The Morgan fingerprint density at radius 2 is 1.90 bits per heavy atom. The van der Waals surface area contributed by atoms with Gasteiger partial charge in [-0.25, -0.2) is 0 Å². The van der Waals surface area contributed by atoms with Crippen LogP contribution in [0.3, 0.4) is 0 Å². The van der Waals surface area contributed by atoms with Gasteiger partial charge >= 0.3 is 0 Å². The summed E-state index contributed by atoms with van der Waals surface area (Å²) >= 11 is 0. The van der Waals surface area contributed by atoms with Crippen LogP contribution in [0.4, 0.5) is 0 Å². The predicted molar refractivity (Wildman–Crippen MR) is 78.9 cm³/mol. The minimum atomic E-state index is -0.513. The van der Waals surface area contributed by atoms with Crippen LogP contribution in [-0.2, 0) is 11.3 Å². The molecule has 0 saturated carbocycles. The quantitative estimate of drug-likeness (QED) is 0.697. The molecule has 1 aromatic carbocycles. The highest BCUT2D eigenvalue weighted by Crippen LogP contribution is 2.25. The number of nitrogens with two attached hydrogens (primary N) is 2. The Kier molecular flexibility index (Phi) is 5.70. The lowest BCUT2D eigenvalue weighted by molar-refractivity contribution is -0.131. The Bertz CT molecular complexity index is 473. The molecule has 20 heavy (non-hydrogen) atoms. The maximum atomic E-state index is 12.3. The lowest BCUT2D eigenvalue weighted by Gasteiger charge is -2.28. The van der Waals surface area contributed by atoms with Crippen LogP contribution in [0, 0.1) is 5.41 Å². The maximum Gasteiger partial charge on any atom is 0.248 e. The first-order valence-electron chi connectivity index (χ1n) is 6.86. The Labute approximate surface area is 119 Å². The molecule has 1 aromatic rings. The third-order valence-corrected chi connectivity index (χ3v) is 3.89. The Hall–Kier alpha value is -1.88. The monoisotopic (exact) mass is 277 g/mol. The van der Waals surface area contributed by atoms with Gasteiger partial charge in [-0.2, -0.15) is 0 Å². The minimum Gasteiger partial charge on any atom is -0.366 e. The van der Waals surface area contributed by atoms with Crippen molar-refractivity contribution in [2.45, 2.75) is 33.2 Å². The van der Waals surface area contributed by atoms with Crippen molar-refractivity contribution in [3.05, 3.63) is 35.4 Å². The van der Waals surface area contributed by atoms with Gasteiger partial charge in [0.2, 0.25) is 11.8 Å². The zero-order chi connectivity index (χ0) is 15.2. The standard InChI is InChI=1S/C15H23N3O2/c1-3-15(4-2,10-16)14(20)18-9-11-6-5-7-12(8-11)13(17)19/h5-8H,3-4,9-10,16H2,1-2H3,(H2,17,19)(H,18,20). The topological polar surface area (TPSA) is 98.2 Å². The lowest BCUT2D eigenvalue weighted by Crippen LogP contribution is -2.45. The molecule has 0 unspecified atom stereocenters. The number of hydrogen-bond acceptors (Lipinski definition) is 3. The number of nitrogens with one attached hydrogen (secondary N) is 1. The van der Waals surface area contributed by atoms with E-state index in [0.717, 1.165) is 5.56 Å². The fraction of sp³-hybridized carbons (Fsp3) is 0.467. The number of carbonyl (C=O) groups excluding carboxylic acids is 2. The molecule has 5 nitrogen and oxygen atoms in total. The Morgan fingerprint density at radius 1 is 1.25 bits per heavy atom. The second-order valence-corrected chi connectivity index (χ2v) is 4.94. The smallest absolute Gasteiger partial charge is 0.248 e. The molecule has 110 valence electrons. The van der Waals surface area contributed by atoms with E-state index in [9.17, 15) is 9.59 Å². The molecular weight excluding hydrogens is 254 g/mol. The van der Waals surface area contributed by atoms with Crippen molar-refractivity contribution in [2.75, 3.05) is 6.54 Å². The van der Waals surface area contributed by atoms with Crippen molar-refractivity contribution in [3.63, 3.8) is 0 Å². The molecule has 0 atom stereocenters. The van der Waals surface area contributed by atoms with Crippen molar-refractivity contribution < 1.29 is 9.59 Å². The van der Waals surface area contributed by atoms with Crippen LogP contribution in [0.5, 0.6) is 0 Å². The first kappa shape index (κ1) is 16.2. The largest absolute Gasteiger partial charge is 0.366 e. The van der Waals surface area contributed by atoms with E-state index in [0.29, 0.717) is 31.5 Å². The van der Waals surface area contributed by atoms with Crippen LogP contribution in [0.2, 0.25) is 0 Å². The number of amides is 2. The minimum absolute atomic E-state index is 0.0468. The summed E-state index contributed by atoms with van der Waals surface area (Å²) in [6, 6.07) is 6.92. The van der Waals surface area contributed by atoms with Gasteiger partial charge in [-0.3, -0.25) is 9.59 Å². The molecule has 5 N–H and O–H groups in total. The molecule has 0 aromatic heterocycles. The molecule has 5 heteroatoms. The second-order valence-electron chi connectivity index (χ2n) is 4.94. The van der Waals surface area contributed by atoms with E-state index in [4.69, 9.17) is 11.5 Å². The van der Waals surface area contributed by atoms with E-state index in [-0.39, 0.29) is 5.91 Å². The summed E-state index contributed by atoms with van der Waals surface area (Å²) in [6.45, 7) is 4.61. The van der Waals surface area contributed by atoms with Crippen LogP contribution in [0.1, 0.15) is 42.6 Å². The van der Waals surface area contributed by atoms with Gasteiger partial charge in [0.1, 0.15) is 0 Å². The van der Waals surface area contributed by atoms with Crippen molar-refractivity contribution >= 4 is 11.8 Å². The van der Waals surface area contributed by atoms with E-state index < -0.39 is 11.3 Å². The van der Waals surface area contributed by atoms with E-state index in [2.05, 4.69) is 5.32 Å². The van der Waals surface area contributed by atoms with E-state index in [1.54, 1.807) is 18.2 Å². The number of rotatable bonds is 7. The van der Waals surface area contributed by atoms with Gasteiger partial charge in [0.05, 0.1) is 5.41 Å². The van der Waals surface area contributed by atoms with E-state index in [1.807, 2.05) is 19.9 Å². The highest BCUT2D eigenvalue weighted by molar-refractivity contribution is 5.92. The average Bonchev–Trinajstić information content (AvgIpc) is 2.47. The van der Waals surface area contributed by atoms with Crippen molar-refractivity contribution in [1.82, 2.24) is 5.32 Å². The Morgan fingerprint density at radius 3 is 2.40 bits per heavy atom. The maximum absolute atomic E-state index is 12.3. The number of primary amides is 1. The predicted octanol–water partition coefficient (Wildman–Crippen LogP) is 1.17. The second kappa shape index (κ2) is 7.05. The summed E-state index contributed by atoms with van der Waals surface area (Å²) < 4.78 is 0. The van der Waals surface area contributed by atoms with Gasteiger partial charge in [0.25, 0.3) is 0 Å². The van der Waals surface area contributed by atoms with Crippen molar-refractivity contribution in [2.24, 2.45) is 16.9 Å². The highest BCUT2D eigenvalue weighted by atomic mass is 16.2. The Balaban J connectivity index is 2.74. The summed E-state index contributed by atoms with van der Waals surface area (Å²) in [5.41, 5.74) is 11.7. The first-order valence-corrected chi connectivity index (χ1v) is 6.86. The van der Waals surface area contributed by atoms with Gasteiger partial charge in [0, 0.05) is 18.7 Å². The molecule has 0 fully saturated rings. The molecule has 0 aliphatic heterocycles. The summed E-state index contributed by atoms with van der Waals surface area (Å²) in [5.74, 6) is -0.522. The molecule has 2 amide bonds. The fourth-order valence-corrected chi connectivity index (χ4v) is 2.16. The summed E-state index contributed by atoms with van der Waals surface area (Å²) in [7, 11) is 0. The molecule has 1 rings (SSSR count). The molecular formula is C15H23N3O2. The van der Waals surface area contributed by atoms with Crippen LogP contribution in [0.15, 0.2) is 24.3 Å². The number of hydrogen-bond donors (Lipinski definition) is 3. The first-order chi connectivity index (χ1) is 9.49. The summed E-state index contributed by atoms with van der Waals surface area (Å²) in [6.07, 6.45) is 1.40. The van der Waals surface area contributed by atoms with E-state index in [1.165, 1.54) is 0 Å². The van der Waals surface area contributed by atoms with Crippen molar-refractivity contribution in [3.8, 4) is 0 Å².